The van der Waals surface area contributed by atoms with E-state index in [4.69, 9.17) is 4.74 Å². The zero-order chi connectivity index (χ0) is 9.10. The molecule has 13 heavy (non-hydrogen) atoms. The minimum atomic E-state index is -0.146. The Hall–Kier alpha value is -0.220. The molecule has 3 nitrogen and oxygen atoms in total. The van der Waals surface area contributed by atoms with E-state index in [-0.39, 0.29) is 12.0 Å². The van der Waals surface area contributed by atoms with Crippen LogP contribution < -0.4 is 5.32 Å². The first-order valence-electron chi connectivity index (χ1n) is 4.86. The quantitative estimate of drug-likeness (QED) is 0.717. The molecule has 74 valence electrons. The molecule has 1 amide bonds. The molecule has 0 radical (unpaired) electrons. The van der Waals surface area contributed by atoms with Gasteiger partial charge in [0.1, 0.15) is 6.10 Å². The Morgan fingerprint density at radius 2 is 2.31 bits per heavy atom. The fourth-order valence-electron chi connectivity index (χ4n) is 1.59. The molecule has 2 unspecified atom stereocenters. The van der Waals surface area contributed by atoms with Crippen LogP contribution in [0.5, 0.6) is 0 Å². The molecule has 0 aromatic heterocycles. The first-order valence-corrected chi connectivity index (χ1v) is 6.01. The van der Waals surface area contributed by atoms with E-state index >= 15 is 0 Å². The molecule has 2 rings (SSSR count). The molecule has 2 aliphatic heterocycles. The van der Waals surface area contributed by atoms with Gasteiger partial charge in [-0.25, -0.2) is 0 Å². The highest BCUT2D eigenvalue weighted by atomic mass is 32.2. The Kier molecular flexibility index (Phi) is 3.11. The van der Waals surface area contributed by atoms with Crippen molar-refractivity contribution in [3.63, 3.8) is 0 Å². The van der Waals surface area contributed by atoms with Gasteiger partial charge in [0.2, 0.25) is 5.91 Å². The van der Waals surface area contributed by atoms with E-state index < -0.39 is 0 Å². The third-order valence-corrected chi connectivity index (χ3v) is 3.71. The predicted molar refractivity (Wildman–Crippen MR) is 52.8 cm³/mol. The van der Waals surface area contributed by atoms with Gasteiger partial charge in [0, 0.05) is 18.2 Å². The van der Waals surface area contributed by atoms with Crippen molar-refractivity contribution in [1.29, 1.82) is 0 Å². The number of nitrogens with one attached hydrogen (secondary N) is 1. The minimum Gasteiger partial charge on any atom is -0.368 e. The maximum atomic E-state index is 11.4. The number of amides is 1. The van der Waals surface area contributed by atoms with Gasteiger partial charge in [0.25, 0.3) is 0 Å². The molecule has 0 saturated carbocycles. The van der Waals surface area contributed by atoms with E-state index in [9.17, 15) is 4.79 Å². The summed E-state index contributed by atoms with van der Waals surface area (Å²) in [5.41, 5.74) is 0. The van der Waals surface area contributed by atoms with Crippen LogP contribution in [0.15, 0.2) is 0 Å². The van der Waals surface area contributed by atoms with Crippen molar-refractivity contribution in [3.05, 3.63) is 0 Å². The Labute approximate surface area is 82.6 Å². The van der Waals surface area contributed by atoms with Crippen LogP contribution in [0.1, 0.15) is 19.3 Å². The van der Waals surface area contributed by atoms with E-state index in [1.165, 1.54) is 12.2 Å². The fourth-order valence-corrected chi connectivity index (χ4v) is 2.66. The van der Waals surface area contributed by atoms with Crippen LogP contribution in [0.25, 0.3) is 0 Å². The van der Waals surface area contributed by atoms with Crippen LogP contribution in [-0.2, 0) is 9.53 Å². The topological polar surface area (TPSA) is 38.3 Å². The van der Waals surface area contributed by atoms with Crippen molar-refractivity contribution in [2.45, 2.75) is 31.4 Å². The first-order chi connectivity index (χ1) is 6.36. The van der Waals surface area contributed by atoms with Gasteiger partial charge in [-0.3, -0.25) is 4.79 Å². The number of hydrogen-bond donors (Lipinski definition) is 1. The smallest absolute Gasteiger partial charge is 0.249 e. The van der Waals surface area contributed by atoms with Crippen LogP contribution in [-0.4, -0.2) is 36.2 Å². The molecule has 0 aromatic rings. The predicted octanol–water partition coefficient (Wildman–Crippen LogP) is 0.787. The van der Waals surface area contributed by atoms with Crippen molar-refractivity contribution in [2.75, 3.05) is 18.1 Å². The van der Waals surface area contributed by atoms with Gasteiger partial charge in [-0.2, -0.15) is 11.8 Å². The Bertz CT molecular complexity index is 188. The second kappa shape index (κ2) is 4.33. The molecule has 2 saturated heterocycles. The lowest BCUT2D eigenvalue weighted by Crippen LogP contribution is -2.48. The first kappa shape index (κ1) is 9.34. The number of thioether (sulfide) groups is 1. The monoisotopic (exact) mass is 201 g/mol. The number of ether oxygens (including phenoxy) is 1. The molecule has 1 N–H and O–H groups in total. The van der Waals surface area contributed by atoms with Crippen LogP contribution in [0.2, 0.25) is 0 Å². The zero-order valence-electron chi connectivity index (χ0n) is 7.62. The summed E-state index contributed by atoms with van der Waals surface area (Å²) in [5.74, 6) is 2.41. The molecule has 0 bridgehead atoms. The van der Waals surface area contributed by atoms with E-state index in [0.717, 1.165) is 25.2 Å². The Balaban J connectivity index is 1.72. The van der Waals surface area contributed by atoms with Gasteiger partial charge in [0.15, 0.2) is 0 Å². The van der Waals surface area contributed by atoms with Crippen LogP contribution in [0.4, 0.5) is 0 Å². The molecule has 2 atom stereocenters. The highest BCUT2D eigenvalue weighted by Gasteiger charge is 2.28. The van der Waals surface area contributed by atoms with Crippen molar-refractivity contribution >= 4 is 17.7 Å². The summed E-state index contributed by atoms with van der Waals surface area (Å²) >= 11 is 1.93. The molecule has 2 heterocycles. The largest absolute Gasteiger partial charge is 0.368 e. The van der Waals surface area contributed by atoms with Crippen LogP contribution in [0, 0.1) is 0 Å². The maximum Gasteiger partial charge on any atom is 0.249 e. The van der Waals surface area contributed by atoms with Crippen LogP contribution in [0.3, 0.4) is 0 Å². The molecule has 0 spiro atoms. The Morgan fingerprint density at radius 3 is 2.85 bits per heavy atom. The lowest BCUT2D eigenvalue weighted by Gasteiger charge is -2.29. The molecular formula is C9H15NO2S. The second-order valence-corrected chi connectivity index (χ2v) is 4.72. The number of carbonyl (C=O) groups excluding carboxylic acids is 1. The van der Waals surface area contributed by atoms with E-state index in [2.05, 4.69) is 5.32 Å². The number of rotatable bonds is 2. The maximum absolute atomic E-state index is 11.4. The van der Waals surface area contributed by atoms with Gasteiger partial charge in [-0.05, 0) is 18.6 Å². The summed E-state index contributed by atoms with van der Waals surface area (Å²) in [7, 11) is 0. The third-order valence-electron chi connectivity index (χ3n) is 2.50. The summed E-state index contributed by atoms with van der Waals surface area (Å²) in [6.07, 6.45) is 3.10. The zero-order valence-corrected chi connectivity index (χ0v) is 8.44. The normalized spacial score (nSPS) is 33.5. The average Bonchev–Trinajstić information content (AvgIpc) is 2.02. The lowest BCUT2D eigenvalue weighted by atomic mass is 10.1. The molecule has 2 fully saturated rings. The lowest BCUT2D eigenvalue weighted by molar-refractivity contribution is -0.145. The summed E-state index contributed by atoms with van der Waals surface area (Å²) in [6, 6.07) is 0.385. The summed E-state index contributed by atoms with van der Waals surface area (Å²) in [4.78, 5) is 11.4. The van der Waals surface area contributed by atoms with Crippen molar-refractivity contribution in [2.24, 2.45) is 0 Å². The molecule has 2 aliphatic rings. The van der Waals surface area contributed by atoms with Crippen molar-refractivity contribution in [1.82, 2.24) is 5.32 Å². The molecule has 0 aromatic carbocycles. The van der Waals surface area contributed by atoms with E-state index in [0.29, 0.717) is 6.04 Å². The molecule has 4 heteroatoms. The summed E-state index contributed by atoms with van der Waals surface area (Å²) in [6.45, 7) is 0.748. The van der Waals surface area contributed by atoms with Crippen LogP contribution >= 0.6 is 11.8 Å². The standard InChI is InChI=1S/C9H15NO2S/c11-9(8-3-4-12-8)10-7-2-1-5-13-6-7/h7-8H,1-6H2,(H,10,11). The second-order valence-electron chi connectivity index (χ2n) is 3.57. The van der Waals surface area contributed by atoms with Gasteiger partial charge >= 0.3 is 0 Å². The van der Waals surface area contributed by atoms with Crippen molar-refractivity contribution < 1.29 is 9.53 Å². The SMILES string of the molecule is O=C(NC1CCCSC1)C1CCO1. The van der Waals surface area contributed by atoms with E-state index in [1.807, 2.05) is 11.8 Å². The van der Waals surface area contributed by atoms with Crippen molar-refractivity contribution in [3.8, 4) is 0 Å². The highest BCUT2D eigenvalue weighted by Crippen LogP contribution is 2.18. The summed E-state index contributed by atoms with van der Waals surface area (Å²) in [5, 5.41) is 3.04. The van der Waals surface area contributed by atoms with Gasteiger partial charge in [-0.1, -0.05) is 0 Å². The molecular weight excluding hydrogens is 186 g/mol. The fraction of sp³-hybridized carbons (Fsp3) is 0.889. The average molecular weight is 201 g/mol. The summed E-state index contributed by atoms with van der Waals surface area (Å²) < 4.78 is 5.12. The third kappa shape index (κ3) is 2.38. The molecule has 0 aliphatic carbocycles. The van der Waals surface area contributed by atoms with Gasteiger partial charge in [0.05, 0.1) is 6.61 Å². The number of carbonyl (C=O) groups is 1. The number of hydrogen-bond acceptors (Lipinski definition) is 3. The van der Waals surface area contributed by atoms with Gasteiger partial charge in [-0.15, -0.1) is 0 Å². The van der Waals surface area contributed by atoms with Gasteiger partial charge < -0.3 is 10.1 Å². The minimum absolute atomic E-state index is 0.0961. The highest BCUT2D eigenvalue weighted by molar-refractivity contribution is 7.99. The van der Waals surface area contributed by atoms with E-state index in [1.54, 1.807) is 0 Å². The Morgan fingerprint density at radius 1 is 1.46 bits per heavy atom.